The average Bonchev–Trinajstić information content (AvgIpc) is 3.22. The molecule has 1 aromatic heterocycles. The summed E-state index contributed by atoms with van der Waals surface area (Å²) in [6.45, 7) is 1.98. The van der Waals surface area contributed by atoms with E-state index < -0.39 is 0 Å². The maximum Gasteiger partial charge on any atom is 0.320 e. The molecule has 0 saturated heterocycles. The molecule has 1 fully saturated rings. The number of halogens is 1. The third kappa shape index (κ3) is 4.36. The third-order valence-corrected chi connectivity index (χ3v) is 4.91. The number of amidine groups is 1. The topological polar surface area (TPSA) is 118 Å². The Morgan fingerprint density at radius 3 is 2.84 bits per heavy atom. The molecule has 3 rings (SSSR count). The van der Waals surface area contributed by atoms with E-state index in [1.807, 2.05) is 25.1 Å². The first-order valence-electron chi connectivity index (χ1n) is 8.03. The first kappa shape index (κ1) is 17.4. The molecule has 1 aliphatic carbocycles. The fraction of sp³-hybridized carbons (Fsp3) is 0.375. The molecule has 9 heteroatoms. The second kappa shape index (κ2) is 7.64. The van der Waals surface area contributed by atoms with Crippen molar-refractivity contribution >= 4 is 39.3 Å². The van der Waals surface area contributed by atoms with E-state index in [1.54, 1.807) is 0 Å². The van der Waals surface area contributed by atoms with Gasteiger partial charge in [-0.1, -0.05) is 34.8 Å². The smallest absolute Gasteiger partial charge is 0.320 e. The number of anilines is 1. The number of nitrogens with one attached hydrogen (secondary N) is 2. The van der Waals surface area contributed by atoms with Crippen LogP contribution in [0.5, 0.6) is 0 Å². The van der Waals surface area contributed by atoms with Gasteiger partial charge in [-0.15, -0.1) is 0 Å². The highest BCUT2D eigenvalue weighted by Crippen LogP contribution is 2.23. The van der Waals surface area contributed by atoms with Crippen molar-refractivity contribution in [1.29, 1.82) is 0 Å². The molecule has 1 heterocycles. The van der Waals surface area contributed by atoms with E-state index in [9.17, 15) is 4.79 Å². The predicted molar refractivity (Wildman–Crippen MR) is 98.0 cm³/mol. The predicted octanol–water partition coefficient (Wildman–Crippen LogP) is 3.24. The van der Waals surface area contributed by atoms with Crippen LogP contribution in [0.15, 0.2) is 32.3 Å². The number of hydrogen-bond acceptors (Lipinski definition) is 5. The molecule has 0 bridgehead atoms. The molecule has 1 aromatic carbocycles. The van der Waals surface area contributed by atoms with E-state index >= 15 is 0 Å². The van der Waals surface area contributed by atoms with Crippen LogP contribution in [-0.2, 0) is 0 Å². The highest BCUT2D eigenvalue weighted by Gasteiger charge is 2.20. The quantitative estimate of drug-likeness (QED) is 0.531. The summed E-state index contributed by atoms with van der Waals surface area (Å²) in [5.41, 5.74) is 7.93. The van der Waals surface area contributed by atoms with E-state index in [0.29, 0.717) is 5.69 Å². The summed E-state index contributed by atoms with van der Waals surface area (Å²) in [4.78, 5) is 16.4. The second-order valence-electron chi connectivity index (χ2n) is 5.97. The van der Waals surface area contributed by atoms with Gasteiger partial charge in [0.1, 0.15) is 0 Å². The van der Waals surface area contributed by atoms with Gasteiger partial charge in [0.25, 0.3) is 0 Å². The van der Waals surface area contributed by atoms with Crippen molar-refractivity contribution < 1.29 is 9.42 Å². The van der Waals surface area contributed by atoms with Gasteiger partial charge >= 0.3 is 6.03 Å². The fourth-order valence-electron chi connectivity index (χ4n) is 2.68. The maximum absolute atomic E-state index is 12.1. The number of hydrogen-bond donors (Lipinski definition) is 3. The van der Waals surface area contributed by atoms with E-state index in [1.165, 1.54) is 0 Å². The Morgan fingerprint density at radius 2 is 2.12 bits per heavy atom. The van der Waals surface area contributed by atoms with Crippen LogP contribution in [0.1, 0.15) is 36.9 Å². The molecule has 2 aromatic rings. The largest absolute Gasteiger partial charge is 0.382 e. The van der Waals surface area contributed by atoms with E-state index in [0.717, 1.165) is 35.7 Å². The Bertz CT molecular complexity index is 798. The number of amides is 2. The van der Waals surface area contributed by atoms with E-state index in [4.69, 9.17) is 10.4 Å². The number of aryl methyl sites for hydroxylation is 1. The van der Waals surface area contributed by atoms with Crippen LogP contribution in [0.3, 0.4) is 0 Å². The van der Waals surface area contributed by atoms with Crippen LogP contribution in [0, 0.1) is 6.92 Å². The molecule has 0 unspecified atom stereocenters. The van der Waals surface area contributed by atoms with Crippen molar-refractivity contribution in [2.75, 3.05) is 5.32 Å². The van der Waals surface area contributed by atoms with Crippen molar-refractivity contribution in [1.82, 2.24) is 15.6 Å². The van der Waals surface area contributed by atoms with Crippen LogP contribution in [0.2, 0.25) is 0 Å². The van der Waals surface area contributed by atoms with Gasteiger partial charge in [-0.2, -0.15) is 0 Å². The number of aromatic nitrogens is 2. The Hall–Kier alpha value is -2.42. The van der Waals surface area contributed by atoms with Crippen LogP contribution in [0.25, 0.3) is 0 Å². The van der Waals surface area contributed by atoms with E-state index in [-0.39, 0.29) is 29.4 Å². The van der Waals surface area contributed by atoms with Crippen molar-refractivity contribution in [3.8, 4) is 0 Å². The summed E-state index contributed by atoms with van der Waals surface area (Å²) in [5.74, 6) is 0.246. The lowest BCUT2D eigenvalue weighted by molar-refractivity contribution is 0.248. The zero-order valence-corrected chi connectivity index (χ0v) is 15.3. The summed E-state index contributed by atoms with van der Waals surface area (Å²) >= 11 is 3.45. The molecule has 1 aliphatic rings. The zero-order valence-electron chi connectivity index (χ0n) is 13.8. The monoisotopic (exact) mass is 406 g/mol. The number of carbonyl (C=O) groups is 1. The van der Waals surface area contributed by atoms with Gasteiger partial charge in [0.2, 0.25) is 5.82 Å². The van der Waals surface area contributed by atoms with Gasteiger partial charge in [0, 0.05) is 10.5 Å². The van der Waals surface area contributed by atoms with Crippen LogP contribution < -0.4 is 16.4 Å². The average molecular weight is 407 g/mol. The number of urea groups is 1. The molecule has 2 amide bonds. The lowest BCUT2D eigenvalue weighted by Crippen LogP contribution is -2.36. The molecular formula is C16H19BrN6O2. The summed E-state index contributed by atoms with van der Waals surface area (Å²) in [6, 6.07) is 5.44. The van der Waals surface area contributed by atoms with Gasteiger partial charge in [-0.25, -0.2) is 14.4 Å². The maximum atomic E-state index is 12.1. The van der Waals surface area contributed by atoms with Gasteiger partial charge in [0.15, 0.2) is 11.5 Å². The molecule has 1 saturated carbocycles. The summed E-state index contributed by atoms with van der Waals surface area (Å²) in [7, 11) is 0. The SMILES string of the molecule is Cc1ccc(N=C(N)c2nonc2NC(=O)NC2CCCC2)cc1Br. The third-order valence-electron chi connectivity index (χ3n) is 4.06. The number of aliphatic imine (C=N–C) groups is 1. The lowest BCUT2D eigenvalue weighted by atomic mass is 10.2. The van der Waals surface area contributed by atoms with Crippen molar-refractivity contribution in [2.45, 2.75) is 38.6 Å². The number of rotatable bonds is 4. The molecule has 0 spiro atoms. The van der Waals surface area contributed by atoms with E-state index in [2.05, 4.69) is 41.9 Å². The molecule has 0 radical (unpaired) electrons. The Kier molecular flexibility index (Phi) is 5.32. The first-order valence-corrected chi connectivity index (χ1v) is 8.83. The number of carbonyl (C=O) groups excluding carboxylic acids is 1. The Balaban J connectivity index is 1.72. The highest BCUT2D eigenvalue weighted by atomic mass is 79.9. The van der Waals surface area contributed by atoms with Gasteiger partial charge in [0.05, 0.1) is 5.69 Å². The van der Waals surface area contributed by atoms with Gasteiger partial charge < -0.3 is 11.1 Å². The molecule has 0 atom stereocenters. The minimum atomic E-state index is -0.352. The Labute approximate surface area is 153 Å². The molecule has 25 heavy (non-hydrogen) atoms. The second-order valence-corrected chi connectivity index (χ2v) is 6.83. The van der Waals surface area contributed by atoms with Crippen LogP contribution in [-0.4, -0.2) is 28.2 Å². The molecule has 132 valence electrons. The summed E-state index contributed by atoms with van der Waals surface area (Å²) in [5, 5.41) is 13.0. The Morgan fingerprint density at radius 1 is 1.36 bits per heavy atom. The fourth-order valence-corrected chi connectivity index (χ4v) is 3.05. The molecule has 0 aliphatic heterocycles. The summed E-state index contributed by atoms with van der Waals surface area (Å²) in [6.07, 6.45) is 4.24. The van der Waals surface area contributed by atoms with Crippen LogP contribution >= 0.6 is 15.9 Å². The highest BCUT2D eigenvalue weighted by molar-refractivity contribution is 9.10. The number of nitrogens with zero attached hydrogens (tertiary/aromatic N) is 3. The minimum absolute atomic E-state index is 0.105. The van der Waals surface area contributed by atoms with Crippen molar-refractivity contribution in [3.05, 3.63) is 33.9 Å². The normalized spacial score (nSPS) is 15.4. The summed E-state index contributed by atoms with van der Waals surface area (Å²) < 4.78 is 5.63. The number of benzene rings is 1. The van der Waals surface area contributed by atoms with Crippen molar-refractivity contribution in [3.63, 3.8) is 0 Å². The molecule has 4 N–H and O–H groups in total. The number of nitrogens with two attached hydrogens (primary N) is 1. The van der Waals surface area contributed by atoms with Crippen molar-refractivity contribution in [2.24, 2.45) is 10.7 Å². The zero-order chi connectivity index (χ0) is 17.8. The first-order chi connectivity index (χ1) is 12.0. The molecular weight excluding hydrogens is 388 g/mol. The van der Waals surface area contributed by atoms with Gasteiger partial charge in [-0.05, 0) is 47.8 Å². The lowest BCUT2D eigenvalue weighted by Gasteiger charge is -2.11. The minimum Gasteiger partial charge on any atom is -0.382 e. The molecule has 8 nitrogen and oxygen atoms in total. The van der Waals surface area contributed by atoms with Gasteiger partial charge in [-0.3, -0.25) is 5.32 Å². The van der Waals surface area contributed by atoms with Crippen LogP contribution in [0.4, 0.5) is 16.3 Å². The standard InChI is InChI=1S/C16H19BrN6O2/c1-9-6-7-11(8-12(9)17)19-14(18)13-15(23-25-22-13)21-16(24)20-10-4-2-3-5-10/h6-8,10H,2-5H2,1H3,(H2,18,19)(H2,20,21,23,24).